The van der Waals surface area contributed by atoms with Crippen LogP contribution in [0.1, 0.15) is 22.3 Å². The first-order valence-electron chi connectivity index (χ1n) is 23.4. The summed E-state index contributed by atoms with van der Waals surface area (Å²) in [6, 6.07) is 86.2. The van der Waals surface area contributed by atoms with Crippen molar-refractivity contribution in [2.24, 2.45) is 0 Å². The number of nitrogens with zero attached hydrogens (tertiary/aromatic N) is 1. The molecule has 15 rings (SSSR count). The minimum Gasteiger partial charge on any atom is -0.455 e. The van der Waals surface area contributed by atoms with E-state index in [-0.39, 0.29) is 0 Å². The highest BCUT2D eigenvalue weighted by molar-refractivity contribution is 6.22. The van der Waals surface area contributed by atoms with Crippen molar-refractivity contribution in [2.45, 2.75) is 5.41 Å². The summed E-state index contributed by atoms with van der Waals surface area (Å²) in [5.74, 6) is 0. The monoisotopic (exact) mass is 865 g/mol. The number of furan rings is 2. The highest BCUT2D eigenvalue weighted by Gasteiger charge is 2.51. The van der Waals surface area contributed by atoms with Crippen LogP contribution in [0.15, 0.2) is 245 Å². The third kappa shape index (κ3) is 5.07. The Bertz CT molecular complexity index is 4150. The number of hydrogen-bond acceptors (Lipinski definition) is 3. The number of rotatable bonds is 5. The second kappa shape index (κ2) is 14.0. The van der Waals surface area contributed by atoms with Crippen molar-refractivity contribution in [3.63, 3.8) is 0 Å². The quantitative estimate of drug-likeness (QED) is 0.173. The molecule has 3 heteroatoms. The van der Waals surface area contributed by atoms with Gasteiger partial charge < -0.3 is 13.7 Å². The maximum Gasteiger partial charge on any atom is 0.144 e. The van der Waals surface area contributed by atoms with Gasteiger partial charge in [0.2, 0.25) is 0 Å². The standard InChI is InChI=1S/C65H39NO2/c1-2-15-40(16-3-1)41-29-31-43(32-30-41)66(45-33-35-50-49-21-8-12-27-58(49)65(59(50)39-45)56-25-10-6-19-47(56)48-20-7-11-26-57(48)65)44-34-36-61-54(38-44)55-37-42-17-4-5-18-46(42)62(64(55)68-61)53-24-14-23-52-51-22-9-13-28-60(51)67-63(52)53/h1-39H. The van der Waals surface area contributed by atoms with Crippen LogP contribution in [0.5, 0.6) is 0 Å². The topological polar surface area (TPSA) is 29.5 Å². The Morgan fingerprint density at radius 1 is 0.294 bits per heavy atom. The fourth-order valence-corrected chi connectivity index (χ4v) is 12.0. The molecule has 2 aliphatic rings. The summed E-state index contributed by atoms with van der Waals surface area (Å²) in [6.45, 7) is 0. The van der Waals surface area contributed by atoms with E-state index >= 15 is 0 Å². The minimum atomic E-state index is -0.469. The molecule has 316 valence electrons. The van der Waals surface area contributed by atoms with E-state index < -0.39 is 5.41 Å². The van der Waals surface area contributed by atoms with E-state index in [1.54, 1.807) is 0 Å². The van der Waals surface area contributed by atoms with Crippen LogP contribution < -0.4 is 4.90 Å². The molecule has 0 fully saturated rings. The summed E-state index contributed by atoms with van der Waals surface area (Å²) >= 11 is 0. The van der Waals surface area contributed by atoms with Gasteiger partial charge in [0, 0.05) is 49.7 Å². The molecule has 0 atom stereocenters. The fraction of sp³-hybridized carbons (Fsp3) is 0.0154. The van der Waals surface area contributed by atoms with Gasteiger partial charge in [0.25, 0.3) is 0 Å². The van der Waals surface area contributed by atoms with Crippen molar-refractivity contribution in [3.05, 3.63) is 259 Å². The fourth-order valence-electron chi connectivity index (χ4n) is 12.0. The van der Waals surface area contributed by atoms with Gasteiger partial charge in [-0.05, 0) is 121 Å². The van der Waals surface area contributed by atoms with Crippen molar-refractivity contribution in [1.82, 2.24) is 0 Å². The molecule has 0 aliphatic heterocycles. The average Bonchev–Trinajstić information content (AvgIpc) is 4.14. The summed E-state index contributed by atoms with van der Waals surface area (Å²) in [4.78, 5) is 2.42. The van der Waals surface area contributed by atoms with Gasteiger partial charge in [-0.25, -0.2) is 0 Å². The van der Waals surface area contributed by atoms with E-state index in [4.69, 9.17) is 8.83 Å². The molecule has 0 N–H and O–H groups in total. The highest BCUT2D eigenvalue weighted by atomic mass is 16.3. The smallest absolute Gasteiger partial charge is 0.144 e. The molecule has 0 radical (unpaired) electrons. The van der Waals surface area contributed by atoms with Crippen molar-refractivity contribution in [3.8, 4) is 44.5 Å². The van der Waals surface area contributed by atoms with E-state index in [0.29, 0.717) is 0 Å². The van der Waals surface area contributed by atoms with Crippen molar-refractivity contribution >= 4 is 71.7 Å². The van der Waals surface area contributed by atoms with Gasteiger partial charge in [0.15, 0.2) is 0 Å². The Kier molecular flexibility index (Phi) is 7.71. The number of fused-ring (bicyclic) bond motifs is 17. The van der Waals surface area contributed by atoms with Gasteiger partial charge in [0.05, 0.1) is 5.41 Å². The lowest BCUT2D eigenvalue weighted by Gasteiger charge is -2.32. The zero-order valence-corrected chi connectivity index (χ0v) is 36.8. The molecule has 0 unspecified atom stereocenters. The second-order valence-electron chi connectivity index (χ2n) is 18.3. The molecule has 11 aromatic carbocycles. The lowest BCUT2D eigenvalue weighted by atomic mass is 9.70. The predicted octanol–water partition coefficient (Wildman–Crippen LogP) is 17.8. The van der Waals surface area contributed by atoms with Gasteiger partial charge in [-0.15, -0.1) is 0 Å². The Balaban J connectivity index is 0.973. The maximum atomic E-state index is 7.05. The van der Waals surface area contributed by atoms with Crippen LogP contribution in [0.3, 0.4) is 0 Å². The Labute approximate surface area is 392 Å². The van der Waals surface area contributed by atoms with E-state index in [1.807, 2.05) is 12.1 Å². The van der Waals surface area contributed by atoms with Crippen molar-refractivity contribution in [2.75, 3.05) is 4.90 Å². The number of anilines is 3. The average molecular weight is 866 g/mol. The molecule has 2 aromatic heterocycles. The van der Waals surface area contributed by atoms with Crippen LogP contribution in [0.2, 0.25) is 0 Å². The lowest BCUT2D eigenvalue weighted by molar-refractivity contribution is 0.665. The second-order valence-corrected chi connectivity index (χ2v) is 18.3. The molecule has 2 heterocycles. The highest BCUT2D eigenvalue weighted by Crippen LogP contribution is 2.63. The summed E-state index contributed by atoms with van der Waals surface area (Å²) in [5, 5.41) is 6.58. The molecule has 1 spiro atoms. The third-order valence-electron chi connectivity index (χ3n) is 14.9. The summed E-state index contributed by atoms with van der Waals surface area (Å²) in [5.41, 5.74) is 21.0. The van der Waals surface area contributed by atoms with Gasteiger partial charge in [0.1, 0.15) is 22.3 Å². The van der Waals surface area contributed by atoms with E-state index in [1.165, 1.54) is 55.6 Å². The number of para-hydroxylation sites is 2. The first-order valence-corrected chi connectivity index (χ1v) is 23.4. The molecule has 2 aliphatic carbocycles. The molecule has 0 saturated heterocycles. The zero-order valence-electron chi connectivity index (χ0n) is 36.8. The van der Waals surface area contributed by atoms with Gasteiger partial charge >= 0.3 is 0 Å². The first-order chi connectivity index (χ1) is 33.7. The van der Waals surface area contributed by atoms with Crippen LogP contribution in [0.4, 0.5) is 17.1 Å². The summed E-state index contributed by atoms with van der Waals surface area (Å²) in [6.07, 6.45) is 0. The van der Waals surface area contributed by atoms with E-state index in [9.17, 15) is 0 Å². The number of benzene rings is 11. The van der Waals surface area contributed by atoms with Crippen LogP contribution in [-0.2, 0) is 5.41 Å². The van der Waals surface area contributed by atoms with Crippen LogP contribution in [0.25, 0.3) is 99.2 Å². The Morgan fingerprint density at radius 3 is 1.57 bits per heavy atom. The van der Waals surface area contributed by atoms with Gasteiger partial charge in [-0.2, -0.15) is 0 Å². The third-order valence-corrected chi connectivity index (χ3v) is 14.9. The lowest BCUT2D eigenvalue weighted by Crippen LogP contribution is -2.26. The molecule has 0 amide bonds. The molecule has 0 saturated carbocycles. The van der Waals surface area contributed by atoms with Crippen molar-refractivity contribution in [1.29, 1.82) is 0 Å². The molecular formula is C65H39NO2. The van der Waals surface area contributed by atoms with E-state index in [2.05, 4.69) is 229 Å². The largest absolute Gasteiger partial charge is 0.455 e. The normalized spacial score (nSPS) is 13.1. The Morgan fingerprint density at radius 2 is 0.824 bits per heavy atom. The van der Waals surface area contributed by atoms with Crippen molar-refractivity contribution < 1.29 is 8.83 Å². The molecule has 3 nitrogen and oxygen atoms in total. The van der Waals surface area contributed by atoms with Gasteiger partial charge in [-0.1, -0.05) is 182 Å². The Hall–Kier alpha value is -8.92. The molecule has 13 aromatic rings. The van der Waals surface area contributed by atoms with Gasteiger partial charge in [-0.3, -0.25) is 0 Å². The number of hydrogen-bond donors (Lipinski definition) is 0. The summed E-state index contributed by atoms with van der Waals surface area (Å²) < 4.78 is 13.7. The SMILES string of the molecule is c1ccc(-c2ccc(N(c3ccc4c(c3)C3(c5ccccc5-c5ccccc53)c3ccccc3-4)c3ccc4oc5c(-c6cccc7c6oc6ccccc67)c6ccccc6cc5c4c3)cc2)cc1. The molecule has 0 bridgehead atoms. The van der Waals surface area contributed by atoms with Crippen LogP contribution in [0, 0.1) is 0 Å². The predicted molar refractivity (Wildman–Crippen MR) is 280 cm³/mol. The van der Waals surface area contributed by atoms with Crippen LogP contribution in [-0.4, -0.2) is 0 Å². The minimum absolute atomic E-state index is 0.469. The first kappa shape index (κ1) is 37.3. The van der Waals surface area contributed by atoms with Crippen LogP contribution >= 0.6 is 0 Å². The zero-order chi connectivity index (χ0) is 44.5. The molecule has 68 heavy (non-hydrogen) atoms. The maximum absolute atomic E-state index is 7.05. The molecular weight excluding hydrogens is 827 g/mol. The van der Waals surface area contributed by atoms with E-state index in [0.717, 1.165) is 82.8 Å². The summed E-state index contributed by atoms with van der Waals surface area (Å²) in [7, 11) is 0.